The van der Waals surface area contributed by atoms with Crippen molar-refractivity contribution in [1.29, 1.82) is 0 Å². The lowest BCUT2D eigenvalue weighted by Crippen LogP contribution is -2.48. The predicted molar refractivity (Wildman–Crippen MR) is 109 cm³/mol. The lowest BCUT2D eigenvalue weighted by molar-refractivity contribution is -0.138. The number of aliphatic hydroxyl groups is 2. The zero-order valence-corrected chi connectivity index (χ0v) is 17.5. The molecule has 0 aliphatic carbocycles. The summed E-state index contributed by atoms with van der Waals surface area (Å²) in [6.45, 7) is 4.78. The monoisotopic (exact) mass is 417 g/mol. The van der Waals surface area contributed by atoms with Gasteiger partial charge in [0.05, 0.1) is 12.7 Å². The number of carbonyl (C=O) groups excluding carboxylic acids is 3. The van der Waals surface area contributed by atoms with Crippen molar-refractivity contribution in [3.8, 4) is 0 Å². The van der Waals surface area contributed by atoms with Crippen LogP contribution in [0.3, 0.4) is 0 Å². The molecule has 3 unspecified atom stereocenters. The normalized spacial score (nSPS) is 29.3. The van der Waals surface area contributed by atoms with Crippen LogP contribution in [0.2, 0.25) is 0 Å². The molecule has 8 heteroatoms. The van der Waals surface area contributed by atoms with Crippen LogP contribution in [-0.2, 0) is 23.9 Å². The van der Waals surface area contributed by atoms with Gasteiger partial charge >= 0.3 is 5.97 Å². The number of hydrogen-bond donors (Lipinski definition) is 3. The number of morpholine rings is 1. The van der Waals surface area contributed by atoms with Crippen LogP contribution >= 0.6 is 0 Å². The molecule has 0 aromatic rings. The van der Waals surface area contributed by atoms with Gasteiger partial charge in [0.2, 0.25) is 11.4 Å². The van der Waals surface area contributed by atoms with E-state index in [4.69, 9.17) is 9.84 Å². The highest BCUT2D eigenvalue weighted by molar-refractivity contribution is 6.21. The molecule has 2 fully saturated rings. The van der Waals surface area contributed by atoms with Gasteiger partial charge in [-0.05, 0) is 32.4 Å². The molecule has 3 atom stereocenters. The minimum atomic E-state index is -1.74. The molecule has 0 radical (unpaired) electrons. The van der Waals surface area contributed by atoms with Crippen molar-refractivity contribution >= 4 is 17.7 Å². The summed E-state index contributed by atoms with van der Waals surface area (Å²) in [5.74, 6) is -1.64. The molecule has 30 heavy (non-hydrogen) atoms. The van der Waals surface area contributed by atoms with E-state index in [1.807, 2.05) is 6.92 Å². The van der Waals surface area contributed by atoms with Gasteiger partial charge in [0.25, 0.3) is 5.91 Å². The van der Waals surface area contributed by atoms with Crippen LogP contribution in [0.1, 0.15) is 27.2 Å². The topological polar surface area (TPSA) is 125 Å². The van der Waals surface area contributed by atoms with E-state index < -0.39 is 35.1 Å². The standard InChI is InChI=1S/C22H27NO7/c1-5-16(18(26)29-4)13-14(2)9-7-6-8-10-15(3)17(25)22-19(30-22)21(28,11-12-24)23-20(22)27/h5-10,13,19,24,28H,11-12H2,1-4H3,(H,23,27)/b8-6+,9-7+,14-13-,15-10+,16-5+. The Kier molecular flexibility index (Phi) is 7.30. The van der Waals surface area contributed by atoms with E-state index in [0.29, 0.717) is 11.1 Å². The average molecular weight is 417 g/mol. The van der Waals surface area contributed by atoms with E-state index in [2.05, 4.69) is 10.1 Å². The first-order valence-electron chi connectivity index (χ1n) is 9.49. The van der Waals surface area contributed by atoms with Gasteiger partial charge in [-0.15, -0.1) is 0 Å². The van der Waals surface area contributed by atoms with Gasteiger partial charge in [-0.2, -0.15) is 0 Å². The number of esters is 1. The Bertz CT molecular complexity index is 880. The first-order valence-corrected chi connectivity index (χ1v) is 9.49. The van der Waals surface area contributed by atoms with E-state index in [0.717, 1.165) is 5.57 Å². The number of methoxy groups -OCH3 is 1. The zero-order chi connectivity index (χ0) is 22.5. The fourth-order valence-electron chi connectivity index (χ4n) is 3.26. The second-order valence-electron chi connectivity index (χ2n) is 7.13. The second-order valence-corrected chi connectivity index (χ2v) is 7.13. The van der Waals surface area contributed by atoms with Crippen LogP contribution in [0.15, 0.2) is 59.3 Å². The molecule has 162 valence electrons. The molecule has 2 aliphatic heterocycles. The Morgan fingerprint density at radius 1 is 1.27 bits per heavy atom. The van der Waals surface area contributed by atoms with E-state index in [-0.39, 0.29) is 13.0 Å². The molecular weight excluding hydrogens is 390 g/mol. The maximum Gasteiger partial charge on any atom is 0.337 e. The van der Waals surface area contributed by atoms with Crippen molar-refractivity contribution in [3.05, 3.63) is 59.3 Å². The summed E-state index contributed by atoms with van der Waals surface area (Å²) in [6, 6.07) is 0. The molecule has 0 bridgehead atoms. The highest BCUT2D eigenvalue weighted by atomic mass is 16.6. The third-order valence-electron chi connectivity index (χ3n) is 4.95. The number of epoxide rings is 1. The van der Waals surface area contributed by atoms with Gasteiger partial charge < -0.3 is 25.0 Å². The van der Waals surface area contributed by atoms with E-state index in [1.54, 1.807) is 56.4 Å². The molecule has 2 heterocycles. The van der Waals surface area contributed by atoms with Gasteiger partial charge in [-0.3, -0.25) is 9.59 Å². The Morgan fingerprint density at radius 2 is 1.97 bits per heavy atom. The average Bonchev–Trinajstić information content (AvgIpc) is 3.44. The number of amides is 1. The van der Waals surface area contributed by atoms with Crippen molar-refractivity contribution in [2.45, 2.75) is 44.6 Å². The van der Waals surface area contributed by atoms with Crippen molar-refractivity contribution in [2.24, 2.45) is 0 Å². The van der Waals surface area contributed by atoms with Crippen molar-refractivity contribution in [2.75, 3.05) is 13.7 Å². The van der Waals surface area contributed by atoms with Crippen LogP contribution in [0.25, 0.3) is 0 Å². The van der Waals surface area contributed by atoms with Crippen LogP contribution in [0.4, 0.5) is 0 Å². The fraction of sp³-hybridized carbons (Fsp3) is 0.409. The molecule has 2 aliphatic rings. The number of ketones is 1. The summed E-state index contributed by atoms with van der Waals surface area (Å²) in [7, 11) is 1.32. The Hall–Kier alpha value is -2.81. The number of fused-ring (bicyclic) bond motifs is 1. The molecule has 0 aromatic heterocycles. The molecular formula is C22H27NO7. The predicted octanol–water partition coefficient (Wildman–Crippen LogP) is 1.02. The highest BCUT2D eigenvalue weighted by Gasteiger charge is 2.80. The van der Waals surface area contributed by atoms with E-state index in [1.165, 1.54) is 7.11 Å². The van der Waals surface area contributed by atoms with Gasteiger partial charge in [-0.1, -0.05) is 42.0 Å². The number of rotatable bonds is 9. The molecule has 0 saturated carbocycles. The van der Waals surface area contributed by atoms with E-state index >= 15 is 0 Å². The summed E-state index contributed by atoms with van der Waals surface area (Å²) in [4.78, 5) is 36.5. The fourth-order valence-corrected chi connectivity index (χ4v) is 3.26. The molecule has 0 spiro atoms. The van der Waals surface area contributed by atoms with Crippen LogP contribution < -0.4 is 5.32 Å². The third kappa shape index (κ3) is 4.51. The number of hydrogen-bond acceptors (Lipinski definition) is 7. The molecule has 8 nitrogen and oxygen atoms in total. The van der Waals surface area contributed by atoms with E-state index in [9.17, 15) is 19.5 Å². The lowest BCUT2D eigenvalue weighted by atomic mass is 9.92. The number of aliphatic hydroxyl groups excluding tert-OH is 1. The van der Waals surface area contributed by atoms with Gasteiger partial charge in [-0.25, -0.2) is 4.79 Å². The summed E-state index contributed by atoms with van der Waals surface area (Å²) in [5, 5.41) is 21.7. The van der Waals surface area contributed by atoms with Crippen LogP contribution in [0, 0.1) is 0 Å². The first kappa shape index (κ1) is 23.5. The molecule has 0 aromatic carbocycles. The number of carbonyl (C=O) groups is 3. The van der Waals surface area contributed by atoms with Gasteiger partial charge in [0.1, 0.15) is 0 Å². The van der Waals surface area contributed by atoms with Crippen LogP contribution in [0.5, 0.6) is 0 Å². The van der Waals surface area contributed by atoms with Crippen molar-refractivity contribution < 1.29 is 34.1 Å². The number of Topliss-reactive ketones (excluding diaryl/α,β-unsaturated/α-hetero) is 1. The SMILES string of the molecule is C\C=C(/C=C(C)\C=C\C=C\C=C(/C)C(=O)C12OC1C(O)(CCO)NC2=O)C(=O)OC. The number of allylic oxidation sites excluding steroid dienone is 7. The zero-order valence-electron chi connectivity index (χ0n) is 17.5. The Labute approximate surface area is 175 Å². The molecule has 3 N–H and O–H groups in total. The largest absolute Gasteiger partial charge is 0.465 e. The number of ether oxygens (including phenoxy) is 2. The summed E-state index contributed by atoms with van der Waals surface area (Å²) in [5.41, 5.74) is -1.89. The lowest BCUT2D eigenvalue weighted by Gasteiger charge is -2.22. The second kappa shape index (κ2) is 9.34. The maximum atomic E-state index is 12.7. The minimum Gasteiger partial charge on any atom is -0.465 e. The van der Waals surface area contributed by atoms with Crippen molar-refractivity contribution in [1.82, 2.24) is 5.32 Å². The third-order valence-corrected chi connectivity index (χ3v) is 4.95. The Morgan fingerprint density at radius 3 is 2.53 bits per heavy atom. The molecule has 1 amide bonds. The van der Waals surface area contributed by atoms with Gasteiger partial charge in [0, 0.05) is 13.0 Å². The maximum absolute atomic E-state index is 12.7. The van der Waals surface area contributed by atoms with Crippen LogP contribution in [-0.4, -0.2) is 59.0 Å². The summed E-state index contributed by atoms with van der Waals surface area (Å²) >= 11 is 0. The quantitative estimate of drug-likeness (QED) is 0.168. The number of nitrogens with one attached hydrogen (secondary N) is 1. The van der Waals surface area contributed by atoms with Crippen molar-refractivity contribution in [3.63, 3.8) is 0 Å². The highest BCUT2D eigenvalue weighted by Crippen LogP contribution is 2.50. The smallest absolute Gasteiger partial charge is 0.337 e. The minimum absolute atomic E-state index is 0.121. The molecule has 2 rings (SSSR count). The summed E-state index contributed by atoms with van der Waals surface area (Å²) < 4.78 is 9.97. The molecule has 2 saturated heterocycles. The first-order chi connectivity index (χ1) is 14.2. The summed E-state index contributed by atoms with van der Waals surface area (Å²) in [6.07, 6.45) is 10.6. The van der Waals surface area contributed by atoms with Gasteiger partial charge in [0.15, 0.2) is 11.8 Å². The Balaban J connectivity index is 2.01.